The van der Waals surface area contributed by atoms with Crippen LogP contribution in [0, 0.1) is 5.92 Å². The van der Waals surface area contributed by atoms with E-state index < -0.39 is 5.60 Å². The third-order valence-corrected chi connectivity index (χ3v) is 5.38. The summed E-state index contributed by atoms with van der Waals surface area (Å²) in [5, 5.41) is 1.05. The normalized spacial score (nSPS) is 18.5. The number of H-pyrrole nitrogens is 1. The Balaban J connectivity index is 1.67. The third kappa shape index (κ3) is 4.75. The third-order valence-electron chi connectivity index (χ3n) is 5.38. The van der Waals surface area contributed by atoms with Crippen molar-refractivity contribution in [1.82, 2.24) is 19.9 Å². The van der Waals surface area contributed by atoms with Crippen LogP contribution in [0.5, 0.6) is 0 Å². The van der Waals surface area contributed by atoms with Gasteiger partial charge in [0.15, 0.2) is 0 Å². The Morgan fingerprint density at radius 1 is 1.43 bits per heavy atom. The first-order chi connectivity index (χ1) is 13.3. The van der Waals surface area contributed by atoms with Crippen LogP contribution in [0.1, 0.15) is 53.4 Å². The number of nitrogens with one attached hydrogen (secondary N) is 1. The largest absolute Gasteiger partial charge is 0.444 e. The highest BCUT2D eigenvalue weighted by Crippen LogP contribution is 2.30. The van der Waals surface area contributed by atoms with Gasteiger partial charge in [-0.15, -0.1) is 0 Å². The maximum Gasteiger partial charge on any atom is 0.410 e. The van der Waals surface area contributed by atoms with E-state index in [1.165, 1.54) is 0 Å². The van der Waals surface area contributed by atoms with Gasteiger partial charge in [0.05, 0.1) is 5.39 Å². The Hall–Kier alpha value is -2.31. The number of hydrogen-bond donors (Lipinski definition) is 1. The summed E-state index contributed by atoms with van der Waals surface area (Å²) in [5.74, 6) is 1.45. The molecule has 2 aromatic heterocycles. The molecule has 0 aliphatic carbocycles. The van der Waals surface area contributed by atoms with E-state index in [0.29, 0.717) is 12.0 Å². The fourth-order valence-corrected chi connectivity index (χ4v) is 4.02. The predicted molar refractivity (Wildman–Crippen MR) is 112 cm³/mol. The van der Waals surface area contributed by atoms with Gasteiger partial charge in [-0.1, -0.05) is 13.3 Å². The van der Waals surface area contributed by atoms with E-state index in [0.717, 1.165) is 55.6 Å². The molecule has 2 atom stereocenters. The SMILES string of the molecule is CCC[C@H](C[C@H]1CCN(C(=O)OC(C)(C)C)C1)N(C)c1ncnc2[nH]ccc12. The zero-order chi connectivity index (χ0) is 20.3. The van der Waals surface area contributed by atoms with Crippen molar-refractivity contribution in [3.05, 3.63) is 18.6 Å². The fraction of sp³-hybridized carbons (Fsp3) is 0.667. The molecule has 1 aliphatic heterocycles. The molecular weight excluding hydrogens is 354 g/mol. The number of carbonyl (C=O) groups excluding carboxylic acids is 1. The number of hydrogen-bond acceptors (Lipinski definition) is 5. The average Bonchev–Trinajstić information content (AvgIpc) is 3.28. The Kier molecular flexibility index (Phi) is 6.10. The second-order valence-corrected chi connectivity index (χ2v) is 8.81. The topological polar surface area (TPSA) is 74.3 Å². The summed E-state index contributed by atoms with van der Waals surface area (Å²) in [5.41, 5.74) is 0.416. The molecule has 0 saturated carbocycles. The number of ether oxygens (including phenoxy) is 1. The molecule has 1 fully saturated rings. The first-order valence-corrected chi connectivity index (χ1v) is 10.3. The highest BCUT2D eigenvalue weighted by molar-refractivity contribution is 5.87. The summed E-state index contributed by atoms with van der Waals surface area (Å²) in [6.45, 7) is 9.49. The van der Waals surface area contributed by atoms with Crippen molar-refractivity contribution in [2.45, 2.75) is 65.0 Å². The van der Waals surface area contributed by atoms with E-state index >= 15 is 0 Å². The molecule has 154 valence electrons. The van der Waals surface area contributed by atoms with Crippen molar-refractivity contribution in [1.29, 1.82) is 0 Å². The Morgan fingerprint density at radius 2 is 2.21 bits per heavy atom. The van der Waals surface area contributed by atoms with Gasteiger partial charge in [0.25, 0.3) is 0 Å². The van der Waals surface area contributed by atoms with E-state index in [-0.39, 0.29) is 6.09 Å². The lowest BCUT2D eigenvalue weighted by atomic mass is 9.95. The van der Waals surface area contributed by atoms with Gasteiger partial charge in [0, 0.05) is 32.4 Å². The summed E-state index contributed by atoms with van der Waals surface area (Å²) in [6, 6.07) is 2.41. The van der Waals surface area contributed by atoms with E-state index in [9.17, 15) is 4.79 Å². The van der Waals surface area contributed by atoms with E-state index in [1.54, 1.807) is 6.33 Å². The highest BCUT2D eigenvalue weighted by Gasteiger charge is 2.32. The molecular formula is C21H33N5O2. The molecule has 1 amide bonds. The average molecular weight is 388 g/mol. The van der Waals surface area contributed by atoms with Gasteiger partial charge in [0.1, 0.15) is 23.4 Å². The fourth-order valence-electron chi connectivity index (χ4n) is 4.02. The van der Waals surface area contributed by atoms with Crippen molar-refractivity contribution >= 4 is 22.9 Å². The van der Waals surface area contributed by atoms with Gasteiger partial charge in [0.2, 0.25) is 0 Å². The number of nitrogens with zero attached hydrogens (tertiary/aromatic N) is 4. The molecule has 0 unspecified atom stereocenters. The summed E-state index contributed by atoms with van der Waals surface area (Å²) in [6.07, 6.45) is 7.60. The zero-order valence-corrected chi connectivity index (χ0v) is 17.7. The molecule has 2 aromatic rings. The van der Waals surface area contributed by atoms with E-state index in [4.69, 9.17) is 4.74 Å². The summed E-state index contributed by atoms with van der Waals surface area (Å²) < 4.78 is 5.53. The monoisotopic (exact) mass is 387 g/mol. The van der Waals surface area contributed by atoms with Gasteiger partial charge in [-0.25, -0.2) is 14.8 Å². The van der Waals surface area contributed by atoms with Crippen LogP contribution < -0.4 is 4.90 Å². The van der Waals surface area contributed by atoms with Crippen LogP contribution in [0.4, 0.5) is 10.6 Å². The zero-order valence-electron chi connectivity index (χ0n) is 17.7. The number of amides is 1. The smallest absolute Gasteiger partial charge is 0.410 e. The van der Waals surface area contributed by atoms with Gasteiger partial charge in [-0.3, -0.25) is 0 Å². The van der Waals surface area contributed by atoms with Crippen molar-refractivity contribution in [2.24, 2.45) is 5.92 Å². The molecule has 3 rings (SSSR count). The maximum atomic E-state index is 12.4. The molecule has 7 heteroatoms. The Labute approximate surface area is 167 Å². The van der Waals surface area contributed by atoms with Crippen molar-refractivity contribution < 1.29 is 9.53 Å². The molecule has 0 radical (unpaired) electrons. The lowest BCUT2D eigenvalue weighted by Crippen LogP contribution is -2.37. The number of fused-ring (bicyclic) bond motifs is 1. The number of rotatable bonds is 6. The number of likely N-dealkylation sites (tertiary alicyclic amines) is 1. The Morgan fingerprint density at radius 3 is 2.93 bits per heavy atom. The molecule has 1 aliphatic rings. The van der Waals surface area contributed by atoms with Crippen molar-refractivity contribution in [2.75, 3.05) is 25.0 Å². The highest BCUT2D eigenvalue weighted by atomic mass is 16.6. The van der Waals surface area contributed by atoms with Crippen molar-refractivity contribution in [3.63, 3.8) is 0 Å². The predicted octanol–water partition coefficient (Wildman–Crippen LogP) is 4.21. The molecule has 28 heavy (non-hydrogen) atoms. The van der Waals surface area contributed by atoms with Crippen LogP contribution in [-0.4, -0.2) is 57.7 Å². The first-order valence-electron chi connectivity index (χ1n) is 10.3. The second-order valence-electron chi connectivity index (χ2n) is 8.81. The minimum absolute atomic E-state index is 0.194. The van der Waals surface area contributed by atoms with E-state index in [2.05, 4.69) is 33.8 Å². The molecule has 0 aromatic carbocycles. The van der Waals surface area contributed by atoms with Crippen LogP contribution in [0.2, 0.25) is 0 Å². The van der Waals surface area contributed by atoms with Crippen LogP contribution in [-0.2, 0) is 4.74 Å². The number of aromatic amines is 1. The summed E-state index contributed by atoms with van der Waals surface area (Å²) in [4.78, 5) is 28.5. The molecule has 7 nitrogen and oxygen atoms in total. The first kappa shape index (κ1) is 20.4. The Bertz CT molecular complexity index is 797. The molecule has 1 saturated heterocycles. The van der Waals surface area contributed by atoms with E-state index in [1.807, 2.05) is 37.9 Å². The van der Waals surface area contributed by atoms with Crippen LogP contribution >= 0.6 is 0 Å². The maximum absolute atomic E-state index is 12.4. The van der Waals surface area contributed by atoms with Gasteiger partial charge < -0.3 is 19.5 Å². The lowest BCUT2D eigenvalue weighted by Gasteiger charge is -2.31. The number of aromatic nitrogens is 3. The lowest BCUT2D eigenvalue weighted by molar-refractivity contribution is 0.0287. The van der Waals surface area contributed by atoms with Crippen molar-refractivity contribution in [3.8, 4) is 0 Å². The number of anilines is 1. The van der Waals surface area contributed by atoms with Gasteiger partial charge in [-0.2, -0.15) is 0 Å². The van der Waals surface area contributed by atoms with Gasteiger partial charge in [-0.05, 0) is 52.0 Å². The summed E-state index contributed by atoms with van der Waals surface area (Å²) >= 11 is 0. The molecule has 3 heterocycles. The standard InChI is InChI=1S/C21H33N5O2/c1-6-7-16(25(5)19-17-8-10-22-18(17)23-14-24-19)12-15-9-11-26(13-15)20(27)28-21(2,3)4/h8,10,14-16H,6-7,9,11-13H2,1-5H3,(H,22,23,24)/t15-,16-/m1/s1. The van der Waals surface area contributed by atoms with Crippen LogP contribution in [0.3, 0.4) is 0 Å². The quantitative estimate of drug-likeness (QED) is 0.804. The molecule has 0 spiro atoms. The summed E-state index contributed by atoms with van der Waals surface area (Å²) in [7, 11) is 2.12. The molecule has 0 bridgehead atoms. The second kappa shape index (κ2) is 8.37. The van der Waals surface area contributed by atoms with Crippen LogP contribution in [0.25, 0.3) is 11.0 Å². The minimum atomic E-state index is -0.449. The minimum Gasteiger partial charge on any atom is -0.444 e. The number of carbonyl (C=O) groups is 1. The van der Waals surface area contributed by atoms with Crippen LogP contribution in [0.15, 0.2) is 18.6 Å². The molecule has 1 N–H and O–H groups in total. The van der Waals surface area contributed by atoms with Gasteiger partial charge >= 0.3 is 6.09 Å².